The Hall–Kier alpha value is -11.4. The van der Waals surface area contributed by atoms with Gasteiger partial charge in [-0.1, -0.05) is 48.5 Å². The maximum Gasteiger partial charge on any atom is 0.319 e. The molecule has 0 fully saturated rings. The van der Waals surface area contributed by atoms with E-state index in [1.807, 2.05) is 79.4 Å². The van der Waals surface area contributed by atoms with E-state index in [1.54, 1.807) is 73.2 Å². The Labute approximate surface area is 515 Å². The van der Waals surface area contributed by atoms with Crippen molar-refractivity contribution in [3.05, 3.63) is 197 Å². The van der Waals surface area contributed by atoms with Crippen molar-refractivity contribution < 1.29 is 33.7 Å². The molecule has 8 heterocycles. The summed E-state index contributed by atoms with van der Waals surface area (Å²) in [5.74, 6) is 0.438. The van der Waals surface area contributed by atoms with Crippen LogP contribution in [-0.2, 0) is 0 Å². The monoisotopic (exact) mass is 1230 g/mol. The Morgan fingerprint density at radius 3 is 1.25 bits per heavy atom. The molecule has 4 aromatic carbocycles. The third kappa shape index (κ3) is 13.3. The number of benzene rings is 4. The van der Waals surface area contributed by atoms with Crippen molar-refractivity contribution >= 4 is 68.8 Å². The number of phenols is 1. The van der Waals surface area contributed by atoms with E-state index >= 15 is 0 Å². The van der Waals surface area contributed by atoms with Crippen molar-refractivity contribution in [1.82, 2.24) is 66.8 Å². The standard InChI is InChI=1S/C21H18N6O3S.C21H16N4O2S.C20H16N6O2S/c1-11-16(19-25-15(10-31-19)13-6-4-12(8-22)5-7-13)17(26-20(28)24-11)14-9-23-21(30-3)27-18(14)29-2;1-12-18(19(25-21(27)23-12)15-3-2-4-16(26)9-15)20-24-17(11-28-20)14-7-5-13(10-22)6-8-14;1-11-16(17(26-19(27)24-11)14-8-22-20(28-2)23-9-14)18-25-15(10-29-18)13-5-3-12(7-21)4-6-13/h4-7,9-10,17H,1-3H3,(H2,24,26,28);2-9,11,19,26H,1H3,(H2,23,25,27);3-6,8-10,17H,1-2H3,(H2,24,26,27). The van der Waals surface area contributed by atoms with Crippen LogP contribution in [-0.4, -0.2) is 79.4 Å². The lowest BCUT2D eigenvalue weighted by molar-refractivity contribution is 0.239. The van der Waals surface area contributed by atoms with Crippen LogP contribution >= 0.6 is 34.0 Å². The Morgan fingerprint density at radius 1 is 0.477 bits per heavy atom. The highest BCUT2D eigenvalue weighted by atomic mass is 32.1. The van der Waals surface area contributed by atoms with Crippen molar-refractivity contribution in [3.63, 3.8) is 0 Å². The number of nitrogens with zero attached hydrogens (tertiary/aromatic N) is 10. The number of aromatic nitrogens is 7. The van der Waals surface area contributed by atoms with Gasteiger partial charge < -0.3 is 51.2 Å². The van der Waals surface area contributed by atoms with Crippen LogP contribution in [0.3, 0.4) is 0 Å². The summed E-state index contributed by atoms with van der Waals surface area (Å²) < 4.78 is 15.5. The van der Waals surface area contributed by atoms with E-state index in [4.69, 9.17) is 44.9 Å². The molecule has 7 N–H and O–H groups in total. The first-order valence-corrected chi connectivity index (χ1v) is 29.2. The molecule has 88 heavy (non-hydrogen) atoms. The lowest BCUT2D eigenvalue weighted by Gasteiger charge is -2.28. The molecule has 0 aliphatic carbocycles. The normalized spacial score (nSPS) is 16.0. The molecule has 0 radical (unpaired) electrons. The number of nitrogens with one attached hydrogen (secondary N) is 6. The number of phenolic OH excluding ortho intramolecular Hbond substituents is 1. The first-order valence-electron chi connectivity index (χ1n) is 26.5. The van der Waals surface area contributed by atoms with Crippen LogP contribution in [0.5, 0.6) is 23.7 Å². The van der Waals surface area contributed by atoms with Gasteiger partial charge in [0.15, 0.2) is 0 Å². The molecule has 3 aliphatic rings. The van der Waals surface area contributed by atoms with Gasteiger partial charge in [-0.3, -0.25) is 0 Å². The third-order valence-electron chi connectivity index (χ3n) is 13.8. The number of thiazole rings is 3. The number of aromatic hydroxyl groups is 1. The maximum atomic E-state index is 12.2. The highest BCUT2D eigenvalue weighted by molar-refractivity contribution is 7.11. The van der Waals surface area contributed by atoms with Gasteiger partial charge in [-0.15, -0.1) is 34.0 Å². The summed E-state index contributed by atoms with van der Waals surface area (Å²) in [7, 11) is 4.46. The zero-order valence-corrected chi connectivity index (χ0v) is 50.0. The van der Waals surface area contributed by atoms with E-state index in [0.717, 1.165) is 88.0 Å². The Balaban J connectivity index is 0.000000146. The second-order valence-corrected chi connectivity index (χ2v) is 21.9. The summed E-state index contributed by atoms with van der Waals surface area (Å²) in [6.07, 6.45) is 4.83. The summed E-state index contributed by atoms with van der Waals surface area (Å²) in [5, 5.41) is 62.0. The average Bonchev–Trinajstić information content (AvgIpc) is 2.71. The predicted molar refractivity (Wildman–Crippen MR) is 330 cm³/mol. The lowest BCUT2D eigenvalue weighted by Crippen LogP contribution is -2.43. The summed E-state index contributed by atoms with van der Waals surface area (Å²) >= 11 is 4.42. The Morgan fingerprint density at radius 2 is 0.864 bits per heavy atom. The van der Waals surface area contributed by atoms with E-state index in [-0.39, 0.29) is 35.9 Å². The number of ether oxygens (including phenoxy) is 3. The fourth-order valence-corrected chi connectivity index (χ4v) is 12.4. The number of amides is 6. The van der Waals surface area contributed by atoms with Crippen LogP contribution < -0.4 is 46.1 Å². The van der Waals surface area contributed by atoms with Crippen LogP contribution in [0.1, 0.15) is 87.3 Å². The van der Waals surface area contributed by atoms with Crippen molar-refractivity contribution in [2.24, 2.45) is 0 Å². The van der Waals surface area contributed by atoms with Gasteiger partial charge in [0.2, 0.25) is 5.88 Å². The van der Waals surface area contributed by atoms with E-state index in [2.05, 4.69) is 70.0 Å². The fourth-order valence-electron chi connectivity index (χ4n) is 9.51. The molecule has 6 amide bonds. The van der Waals surface area contributed by atoms with Crippen LogP contribution in [0.4, 0.5) is 14.4 Å². The molecule has 0 spiro atoms. The summed E-state index contributed by atoms with van der Waals surface area (Å²) in [4.78, 5) is 67.4. The number of carbonyl (C=O) groups excluding carboxylic acids is 3. The van der Waals surface area contributed by atoms with Crippen LogP contribution in [0.2, 0.25) is 0 Å². The Kier molecular flexibility index (Phi) is 18.1. The molecule has 26 heteroatoms. The zero-order chi connectivity index (χ0) is 62.0. The average molecular weight is 1230 g/mol. The van der Waals surface area contributed by atoms with Gasteiger partial charge in [0.25, 0.3) is 0 Å². The third-order valence-corrected chi connectivity index (χ3v) is 16.4. The molecule has 0 saturated heterocycles. The first-order chi connectivity index (χ1) is 42.7. The molecule has 9 aromatic rings. The molecule has 438 valence electrons. The molecule has 0 bridgehead atoms. The van der Waals surface area contributed by atoms with Crippen molar-refractivity contribution in [3.8, 4) is 75.6 Å². The molecule has 3 aliphatic heterocycles. The number of hydrogen-bond acceptors (Lipinski definition) is 20. The van der Waals surface area contributed by atoms with Gasteiger partial charge in [-0.05, 0) is 74.9 Å². The molecular formula is C62H50N16O7S3. The summed E-state index contributed by atoms with van der Waals surface area (Å²) in [5.41, 5.74) is 13.6. The van der Waals surface area contributed by atoms with Gasteiger partial charge in [0.05, 0.1) is 97.0 Å². The van der Waals surface area contributed by atoms with E-state index < -0.39 is 18.1 Å². The second-order valence-electron chi connectivity index (χ2n) is 19.3. The summed E-state index contributed by atoms with van der Waals surface area (Å²) in [6, 6.07) is 33.0. The molecule has 23 nitrogen and oxygen atoms in total. The van der Waals surface area contributed by atoms with Gasteiger partial charge in [0, 0.05) is 90.8 Å². The number of carbonyl (C=O) groups is 3. The number of methoxy groups -OCH3 is 3. The van der Waals surface area contributed by atoms with Gasteiger partial charge in [-0.2, -0.15) is 20.8 Å². The first kappa shape index (κ1) is 59.8. The molecular weight excluding hydrogens is 1180 g/mol. The van der Waals surface area contributed by atoms with E-state index in [0.29, 0.717) is 33.8 Å². The molecule has 5 aromatic heterocycles. The topological polar surface area (TPSA) is 333 Å². The minimum absolute atomic E-state index is 0.139. The molecule has 12 rings (SSSR count). The fraction of sp³-hybridized carbons (Fsp3) is 0.145. The van der Waals surface area contributed by atoms with Gasteiger partial charge in [0.1, 0.15) is 20.8 Å². The van der Waals surface area contributed by atoms with Crippen molar-refractivity contribution in [2.75, 3.05) is 21.3 Å². The SMILES string of the molecule is CC1=C(c2nc(-c3ccc(C#N)cc3)cs2)C(c2cccc(O)c2)NC(=O)N1.COc1ncc(C2NC(=O)NC(C)=C2c2nc(-c3ccc(C#N)cc3)cs2)c(OC)n1.COc1ncc(C2NC(=O)NC(C)=C2c2nc(-c3ccc(C#N)cc3)cs2)cn1. The van der Waals surface area contributed by atoms with Gasteiger partial charge >= 0.3 is 30.1 Å². The molecule has 0 saturated carbocycles. The number of rotatable bonds is 12. The maximum absolute atomic E-state index is 12.2. The highest BCUT2D eigenvalue weighted by Crippen LogP contribution is 2.42. The van der Waals surface area contributed by atoms with Crippen LogP contribution in [0, 0.1) is 34.0 Å². The van der Waals surface area contributed by atoms with Crippen LogP contribution in [0.25, 0.3) is 50.5 Å². The van der Waals surface area contributed by atoms with Crippen molar-refractivity contribution in [1.29, 1.82) is 15.8 Å². The number of allylic oxidation sites excluding steroid dienone is 3. The number of urea groups is 3. The predicted octanol–water partition coefficient (Wildman–Crippen LogP) is 10.7. The Bertz CT molecular complexity index is 4350. The van der Waals surface area contributed by atoms with Crippen molar-refractivity contribution in [2.45, 2.75) is 38.9 Å². The number of nitriles is 3. The molecule has 3 unspecified atom stereocenters. The molecule has 3 atom stereocenters. The minimum Gasteiger partial charge on any atom is -0.508 e. The quantitative estimate of drug-likeness (QED) is 0.0597. The smallest absolute Gasteiger partial charge is 0.319 e. The largest absolute Gasteiger partial charge is 0.508 e. The van der Waals surface area contributed by atoms with Crippen LogP contribution in [0.15, 0.2) is 149 Å². The van der Waals surface area contributed by atoms with E-state index in [1.165, 1.54) is 55.3 Å². The van der Waals surface area contributed by atoms with E-state index in [9.17, 15) is 19.5 Å². The lowest BCUT2D eigenvalue weighted by atomic mass is 9.96. The second kappa shape index (κ2) is 26.7. The van der Waals surface area contributed by atoms with Gasteiger partial charge in [-0.25, -0.2) is 44.3 Å². The summed E-state index contributed by atoms with van der Waals surface area (Å²) in [6.45, 7) is 5.50. The zero-order valence-electron chi connectivity index (χ0n) is 47.5. The number of hydrogen-bond donors (Lipinski definition) is 7. The highest BCUT2D eigenvalue weighted by Gasteiger charge is 2.34. The minimum atomic E-state index is -0.561.